The molecule has 1 rings (SSSR count). The topological polar surface area (TPSA) is 61.9 Å². The van der Waals surface area contributed by atoms with Crippen molar-refractivity contribution >= 4 is 5.96 Å². The van der Waals surface area contributed by atoms with Crippen molar-refractivity contribution < 1.29 is 0 Å². The molecular weight excluding hydrogens is 174 g/mol. The van der Waals surface area contributed by atoms with Crippen molar-refractivity contribution in [1.82, 2.24) is 5.32 Å². The van der Waals surface area contributed by atoms with Gasteiger partial charge in [0.25, 0.3) is 0 Å². The molecule has 0 amide bonds. The second-order valence-electron chi connectivity index (χ2n) is 4.47. The number of guanidine groups is 1. The van der Waals surface area contributed by atoms with Gasteiger partial charge in [-0.1, -0.05) is 32.6 Å². The lowest BCUT2D eigenvalue weighted by molar-refractivity contribution is 0.262. The number of nitrogens with two attached hydrogens (primary N) is 1. The monoisotopic (exact) mass is 197 g/mol. The smallest absolute Gasteiger partial charge is 0.185 e. The fourth-order valence-electron chi connectivity index (χ4n) is 2.39. The van der Waals surface area contributed by atoms with Crippen LogP contribution in [0, 0.1) is 17.2 Å². The quantitative estimate of drug-likeness (QED) is 0.477. The summed E-state index contributed by atoms with van der Waals surface area (Å²) in [6, 6.07) is 0. The van der Waals surface area contributed by atoms with Crippen LogP contribution in [0.2, 0.25) is 0 Å². The van der Waals surface area contributed by atoms with Crippen LogP contribution in [0.15, 0.2) is 0 Å². The Hall–Kier alpha value is -0.730. The largest absolute Gasteiger partial charge is 0.370 e. The highest BCUT2D eigenvalue weighted by molar-refractivity contribution is 5.74. The molecule has 4 N–H and O–H groups in total. The van der Waals surface area contributed by atoms with Crippen LogP contribution < -0.4 is 11.1 Å². The minimum atomic E-state index is 0.112. The summed E-state index contributed by atoms with van der Waals surface area (Å²) < 4.78 is 0. The molecule has 0 unspecified atom stereocenters. The van der Waals surface area contributed by atoms with E-state index in [1.165, 1.54) is 38.5 Å². The van der Waals surface area contributed by atoms with E-state index in [0.717, 1.165) is 18.4 Å². The lowest BCUT2D eigenvalue weighted by Crippen LogP contribution is -2.35. The first-order valence-electron chi connectivity index (χ1n) is 5.80. The van der Waals surface area contributed by atoms with Gasteiger partial charge in [-0.3, -0.25) is 5.41 Å². The van der Waals surface area contributed by atoms with Crippen LogP contribution in [0.4, 0.5) is 0 Å². The summed E-state index contributed by atoms with van der Waals surface area (Å²) in [5.41, 5.74) is 5.26. The summed E-state index contributed by atoms with van der Waals surface area (Å²) in [5.74, 6) is 1.82. The van der Waals surface area contributed by atoms with Crippen molar-refractivity contribution in [2.45, 2.75) is 45.4 Å². The van der Waals surface area contributed by atoms with Crippen LogP contribution in [-0.4, -0.2) is 12.5 Å². The summed E-state index contributed by atoms with van der Waals surface area (Å²) in [6.07, 6.45) is 8.08. The van der Waals surface area contributed by atoms with Gasteiger partial charge in [-0.25, -0.2) is 0 Å². The molecule has 0 aromatic rings. The Morgan fingerprint density at radius 1 is 1.29 bits per heavy atom. The molecule has 0 aromatic heterocycles. The van der Waals surface area contributed by atoms with E-state index in [9.17, 15) is 0 Å². The SMILES string of the molecule is CCCC1CCC(CNC(=N)N)CC1. The van der Waals surface area contributed by atoms with E-state index in [-0.39, 0.29) is 5.96 Å². The Morgan fingerprint density at radius 3 is 2.36 bits per heavy atom. The standard InChI is InChI=1S/C11H23N3/c1-2-3-9-4-6-10(7-5-9)8-14-11(12)13/h9-10H,2-8H2,1H3,(H4,12,13,14). The van der Waals surface area contributed by atoms with Crippen LogP contribution >= 0.6 is 0 Å². The third-order valence-corrected chi connectivity index (χ3v) is 3.24. The molecule has 3 heteroatoms. The highest BCUT2D eigenvalue weighted by atomic mass is 15.0. The number of hydrogen-bond donors (Lipinski definition) is 3. The van der Waals surface area contributed by atoms with E-state index in [1.54, 1.807) is 0 Å². The zero-order valence-corrected chi connectivity index (χ0v) is 9.18. The summed E-state index contributed by atoms with van der Waals surface area (Å²) >= 11 is 0. The highest BCUT2D eigenvalue weighted by Crippen LogP contribution is 2.30. The van der Waals surface area contributed by atoms with E-state index in [2.05, 4.69) is 12.2 Å². The summed E-state index contributed by atoms with van der Waals surface area (Å²) in [5, 5.41) is 10.0. The van der Waals surface area contributed by atoms with Crippen LogP contribution in [-0.2, 0) is 0 Å². The first kappa shape index (κ1) is 11.3. The first-order valence-corrected chi connectivity index (χ1v) is 5.80. The Morgan fingerprint density at radius 2 is 1.86 bits per heavy atom. The van der Waals surface area contributed by atoms with Gasteiger partial charge in [-0.2, -0.15) is 0 Å². The van der Waals surface area contributed by atoms with Crippen LogP contribution in [0.3, 0.4) is 0 Å². The molecule has 0 atom stereocenters. The average molecular weight is 197 g/mol. The minimum absolute atomic E-state index is 0.112. The van der Waals surface area contributed by atoms with Gasteiger partial charge in [0, 0.05) is 6.54 Å². The molecular formula is C11H23N3. The third kappa shape index (κ3) is 3.99. The molecule has 1 aliphatic carbocycles. The van der Waals surface area contributed by atoms with Crippen LogP contribution in [0.5, 0.6) is 0 Å². The average Bonchev–Trinajstić information content (AvgIpc) is 2.17. The molecule has 0 heterocycles. The van der Waals surface area contributed by atoms with Gasteiger partial charge >= 0.3 is 0 Å². The molecule has 0 bridgehead atoms. The van der Waals surface area contributed by atoms with E-state index in [1.807, 2.05) is 0 Å². The number of hydrogen-bond acceptors (Lipinski definition) is 1. The van der Waals surface area contributed by atoms with Gasteiger partial charge in [0.05, 0.1) is 0 Å². The minimum Gasteiger partial charge on any atom is -0.370 e. The molecule has 0 aromatic carbocycles. The van der Waals surface area contributed by atoms with Crippen molar-refractivity contribution in [2.24, 2.45) is 17.6 Å². The zero-order chi connectivity index (χ0) is 10.4. The molecule has 3 nitrogen and oxygen atoms in total. The molecule has 14 heavy (non-hydrogen) atoms. The normalized spacial score (nSPS) is 27.2. The Balaban J connectivity index is 2.12. The Labute approximate surface area is 87.0 Å². The van der Waals surface area contributed by atoms with Crippen molar-refractivity contribution in [3.8, 4) is 0 Å². The van der Waals surface area contributed by atoms with Gasteiger partial charge in [0.2, 0.25) is 0 Å². The van der Waals surface area contributed by atoms with Gasteiger partial charge in [0.15, 0.2) is 5.96 Å². The number of rotatable bonds is 4. The van der Waals surface area contributed by atoms with Gasteiger partial charge in [-0.05, 0) is 24.7 Å². The molecule has 1 fully saturated rings. The van der Waals surface area contributed by atoms with Crippen molar-refractivity contribution in [1.29, 1.82) is 5.41 Å². The van der Waals surface area contributed by atoms with E-state index in [4.69, 9.17) is 11.1 Å². The molecule has 0 saturated heterocycles. The Bertz CT molecular complexity index is 171. The van der Waals surface area contributed by atoms with Crippen molar-refractivity contribution in [3.05, 3.63) is 0 Å². The lowest BCUT2D eigenvalue weighted by atomic mass is 9.80. The molecule has 0 radical (unpaired) electrons. The molecule has 0 aliphatic heterocycles. The van der Waals surface area contributed by atoms with Gasteiger partial charge in [0.1, 0.15) is 0 Å². The maximum absolute atomic E-state index is 7.09. The fraction of sp³-hybridized carbons (Fsp3) is 0.909. The molecule has 0 spiro atoms. The van der Waals surface area contributed by atoms with E-state index >= 15 is 0 Å². The zero-order valence-electron chi connectivity index (χ0n) is 9.18. The van der Waals surface area contributed by atoms with Gasteiger partial charge < -0.3 is 11.1 Å². The summed E-state index contributed by atoms with van der Waals surface area (Å²) in [6.45, 7) is 3.16. The second-order valence-corrected chi connectivity index (χ2v) is 4.47. The molecule has 82 valence electrons. The lowest BCUT2D eigenvalue weighted by Gasteiger charge is -2.28. The third-order valence-electron chi connectivity index (χ3n) is 3.24. The molecule has 1 saturated carbocycles. The van der Waals surface area contributed by atoms with Crippen LogP contribution in [0.25, 0.3) is 0 Å². The van der Waals surface area contributed by atoms with Gasteiger partial charge in [-0.15, -0.1) is 0 Å². The van der Waals surface area contributed by atoms with Crippen molar-refractivity contribution in [2.75, 3.05) is 6.54 Å². The predicted octanol–water partition coefficient (Wildman–Crippen LogP) is 2.08. The first-order chi connectivity index (χ1) is 6.72. The number of nitrogens with one attached hydrogen (secondary N) is 2. The molecule has 1 aliphatic rings. The highest BCUT2D eigenvalue weighted by Gasteiger charge is 2.20. The Kier molecular flexibility index (Phi) is 4.77. The fourth-order valence-corrected chi connectivity index (χ4v) is 2.39. The van der Waals surface area contributed by atoms with Crippen LogP contribution in [0.1, 0.15) is 45.4 Å². The van der Waals surface area contributed by atoms with Crippen molar-refractivity contribution in [3.63, 3.8) is 0 Å². The summed E-state index contributed by atoms with van der Waals surface area (Å²) in [4.78, 5) is 0. The second kappa shape index (κ2) is 5.89. The predicted molar refractivity (Wildman–Crippen MR) is 60.3 cm³/mol. The maximum atomic E-state index is 7.09. The summed E-state index contributed by atoms with van der Waals surface area (Å²) in [7, 11) is 0. The van der Waals surface area contributed by atoms with E-state index < -0.39 is 0 Å². The van der Waals surface area contributed by atoms with E-state index in [0.29, 0.717) is 0 Å². The maximum Gasteiger partial charge on any atom is 0.185 e.